The molecule has 1 N–H and O–H groups in total. The normalized spacial score (nSPS) is 58.4. The van der Waals surface area contributed by atoms with Crippen LogP contribution < -0.4 is 0 Å². The second kappa shape index (κ2) is 5.77. The summed E-state index contributed by atoms with van der Waals surface area (Å²) >= 11 is 0. The SMILES string of the molecule is C=C[C@@]12CC[C@H](C(=C)C)[C@@]1(C)CC[C@@]1(C)[C@H]2CC[C@]2(C)C[C@](C)(O)CC[C@@]21C. The minimum atomic E-state index is -0.491. The summed E-state index contributed by atoms with van der Waals surface area (Å²) in [5.41, 5.74) is 2.31. The van der Waals surface area contributed by atoms with Crippen LogP contribution in [0.15, 0.2) is 24.8 Å². The monoisotopic (exact) mass is 384 g/mol. The summed E-state index contributed by atoms with van der Waals surface area (Å²) in [4.78, 5) is 0. The van der Waals surface area contributed by atoms with Crippen molar-refractivity contribution in [2.45, 2.75) is 105 Å². The van der Waals surface area contributed by atoms with Crippen molar-refractivity contribution in [1.29, 1.82) is 0 Å². The fourth-order valence-corrected chi connectivity index (χ4v) is 9.80. The number of hydrogen-bond donors (Lipinski definition) is 1. The fraction of sp³-hybridized carbons (Fsp3) is 0.852. The molecule has 8 atom stereocenters. The molecule has 0 heterocycles. The van der Waals surface area contributed by atoms with Crippen molar-refractivity contribution in [3.63, 3.8) is 0 Å². The second-order valence-corrected chi connectivity index (χ2v) is 12.7. The highest BCUT2D eigenvalue weighted by Crippen LogP contribution is 2.80. The van der Waals surface area contributed by atoms with Crippen LogP contribution in [-0.2, 0) is 0 Å². The van der Waals surface area contributed by atoms with Crippen molar-refractivity contribution in [1.82, 2.24) is 0 Å². The summed E-state index contributed by atoms with van der Waals surface area (Å²) in [6.45, 7) is 23.5. The maximum Gasteiger partial charge on any atom is 0.0625 e. The molecule has 4 aliphatic rings. The third-order valence-corrected chi connectivity index (χ3v) is 11.7. The van der Waals surface area contributed by atoms with Gasteiger partial charge in [0.05, 0.1) is 5.60 Å². The van der Waals surface area contributed by atoms with Gasteiger partial charge in [0.2, 0.25) is 0 Å². The molecule has 0 radical (unpaired) electrons. The Morgan fingerprint density at radius 2 is 1.54 bits per heavy atom. The Labute approximate surface area is 174 Å². The lowest BCUT2D eigenvalue weighted by Gasteiger charge is -2.73. The minimum absolute atomic E-state index is 0.239. The molecular weight excluding hydrogens is 340 g/mol. The second-order valence-electron chi connectivity index (χ2n) is 12.7. The molecule has 0 spiro atoms. The molecule has 0 bridgehead atoms. The average Bonchev–Trinajstić information content (AvgIpc) is 2.90. The lowest BCUT2D eigenvalue weighted by atomic mass is 9.31. The molecule has 0 saturated heterocycles. The quantitative estimate of drug-likeness (QED) is 0.495. The average molecular weight is 385 g/mol. The smallest absolute Gasteiger partial charge is 0.0625 e. The molecule has 4 saturated carbocycles. The van der Waals surface area contributed by atoms with E-state index in [1.54, 1.807) is 0 Å². The van der Waals surface area contributed by atoms with E-state index in [2.05, 4.69) is 60.8 Å². The summed E-state index contributed by atoms with van der Waals surface area (Å²) in [5, 5.41) is 10.9. The Balaban J connectivity index is 1.81. The van der Waals surface area contributed by atoms with E-state index in [1.807, 2.05) is 0 Å². The van der Waals surface area contributed by atoms with Crippen LogP contribution in [0, 0.1) is 38.9 Å². The van der Waals surface area contributed by atoms with E-state index in [-0.39, 0.29) is 10.8 Å². The van der Waals surface area contributed by atoms with Gasteiger partial charge in [-0.3, -0.25) is 0 Å². The number of fused-ring (bicyclic) bond motifs is 5. The van der Waals surface area contributed by atoms with Gasteiger partial charge in [0.1, 0.15) is 0 Å². The molecule has 0 unspecified atom stereocenters. The first kappa shape index (κ1) is 20.7. The molecule has 158 valence electrons. The third kappa shape index (κ3) is 2.18. The molecule has 28 heavy (non-hydrogen) atoms. The van der Waals surface area contributed by atoms with E-state index in [9.17, 15) is 5.11 Å². The van der Waals surface area contributed by atoms with Crippen LogP contribution in [0.25, 0.3) is 0 Å². The van der Waals surface area contributed by atoms with E-state index in [4.69, 9.17) is 0 Å². The third-order valence-electron chi connectivity index (χ3n) is 11.7. The van der Waals surface area contributed by atoms with Gasteiger partial charge in [-0.15, -0.1) is 6.58 Å². The lowest BCUT2D eigenvalue weighted by molar-refractivity contribution is -0.247. The molecule has 0 amide bonds. The van der Waals surface area contributed by atoms with Crippen LogP contribution in [0.5, 0.6) is 0 Å². The lowest BCUT2D eigenvalue weighted by Crippen LogP contribution is -2.67. The van der Waals surface area contributed by atoms with Crippen LogP contribution in [0.4, 0.5) is 0 Å². The highest BCUT2D eigenvalue weighted by molar-refractivity contribution is 5.28. The predicted octanol–water partition coefficient (Wildman–Crippen LogP) is 7.31. The zero-order valence-electron chi connectivity index (χ0n) is 19.5. The van der Waals surface area contributed by atoms with Crippen molar-refractivity contribution in [2.75, 3.05) is 0 Å². The molecule has 1 heteroatoms. The van der Waals surface area contributed by atoms with E-state index >= 15 is 0 Å². The number of aliphatic hydroxyl groups is 1. The summed E-state index contributed by atoms with van der Waals surface area (Å²) in [6.07, 6.45) is 13.2. The molecular formula is C27H44O. The van der Waals surface area contributed by atoms with Crippen molar-refractivity contribution in [3.8, 4) is 0 Å². The van der Waals surface area contributed by atoms with Crippen molar-refractivity contribution < 1.29 is 5.11 Å². The van der Waals surface area contributed by atoms with Crippen LogP contribution in [0.1, 0.15) is 99.3 Å². The zero-order valence-corrected chi connectivity index (χ0v) is 19.5. The summed E-state index contributed by atoms with van der Waals surface area (Å²) in [6, 6.07) is 0. The zero-order chi connectivity index (χ0) is 20.8. The standard InChI is InChI=1S/C27H44O/c1-9-27-13-10-20(19(2)3)24(27,6)15-16-25(7)21(27)11-12-22(4)18-23(5,28)14-17-26(22,25)8/h9,20-21,28H,1-2,10-18H2,3-8H3/t20-,21-,22-,23-,24-,25+,26+,27+/m1/s1. The number of rotatable bonds is 2. The van der Waals surface area contributed by atoms with E-state index in [0.29, 0.717) is 28.1 Å². The minimum Gasteiger partial charge on any atom is -0.390 e. The first-order valence-corrected chi connectivity index (χ1v) is 11.8. The van der Waals surface area contributed by atoms with Gasteiger partial charge in [0.15, 0.2) is 0 Å². The fourth-order valence-electron chi connectivity index (χ4n) is 9.80. The molecule has 0 aromatic carbocycles. The summed E-state index contributed by atoms with van der Waals surface area (Å²) in [5.74, 6) is 1.35. The number of hydrogen-bond acceptors (Lipinski definition) is 1. The summed E-state index contributed by atoms with van der Waals surface area (Å²) in [7, 11) is 0. The Bertz CT molecular complexity index is 705. The van der Waals surface area contributed by atoms with Gasteiger partial charge < -0.3 is 5.11 Å². The first-order chi connectivity index (χ1) is 12.8. The Morgan fingerprint density at radius 3 is 2.14 bits per heavy atom. The number of allylic oxidation sites excluding steroid dienone is 2. The van der Waals surface area contributed by atoms with Crippen LogP contribution in [-0.4, -0.2) is 10.7 Å². The van der Waals surface area contributed by atoms with Crippen molar-refractivity contribution >= 4 is 0 Å². The van der Waals surface area contributed by atoms with Crippen molar-refractivity contribution in [2.24, 2.45) is 38.9 Å². The van der Waals surface area contributed by atoms with E-state index in [0.717, 1.165) is 19.3 Å². The molecule has 0 aliphatic heterocycles. The Hall–Kier alpha value is -0.560. The van der Waals surface area contributed by atoms with Gasteiger partial charge in [-0.1, -0.05) is 45.9 Å². The van der Waals surface area contributed by atoms with Gasteiger partial charge in [-0.25, -0.2) is 0 Å². The molecule has 4 aliphatic carbocycles. The van der Waals surface area contributed by atoms with Crippen LogP contribution in [0.3, 0.4) is 0 Å². The topological polar surface area (TPSA) is 20.2 Å². The first-order valence-electron chi connectivity index (χ1n) is 11.8. The van der Waals surface area contributed by atoms with Gasteiger partial charge in [-0.05, 0) is 111 Å². The van der Waals surface area contributed by atoms with Crippen molar-refractivity contribution in [3.05, 3.63) is 24.8 Å². The van der Waals surface area contributed by atoms with Crippen LogP contribution >= 0.6 is 0 Å². The van der Waals surface area contributed by atoms with Gasteiger partial charge >= 0.3 is 0 Å². The predicted molar refractivity (Wildman–Crippen MR) is 119 cm³/mol. The summed E-state index contributed by atoms with van der Waals surface area (Å²) < 4.78 is 0. The van der Waals surface area contributed by atoms with Gasteiger partial charge in [0.25, 0.3) is 0 Å². The highest BCUT2D eigenvalue weighted by atomic mass is 16.3. The molecule has 4 fully saturated rings. The maximum absolute atomic E-state index is 10.9. The van der Waals surface area contributed by atoms with E-state index in [1.165, 1.54) is 44.1 Å². The van der Waals surface area contributed by atoms with Gasteiger partial charge in [0, 0.05) is 0 Å². The van der Waals surface area contributed by atoms with E-state index < -0.39 is 5.60 Å². The Kier molecular flexibility index (Phi) is 4.27. The van der Waals surface area contributed by atoms with Gasteiger partial charge in [-0.2, -0.15) is 0 Å². The Morgan fingerprint density at radius 1 is 0.893 bits per heavy atom. The molecule has 4 rings (SSSR count). The molecule has 0 aromatic rings. The maximum atomic E-state index is 10.9. The molecule has 0 aromatic heterocycles. The van der Waals surface area contributed by atoms with Crippen LogP contribution in [0.2, 0.25) is 0 Å². The highest BCUT2D eigenvalue weighted by Gasteiger charge is 2.72. The largest absolute Gasteiger partial charge is 0.390 e. The molecule has 1 nitrogen and oxygen atoms in total.